The molecule has 0 amide bonds. The fourth-order valence-electron chi connectivity index (χ4n) is 2.29. The molecule has 1 aromatic rings. The molecule has 0 bridgehead atoms. The minimum atomic E-state index is -0.841. The van der Waals surface area contributed by atoms with E-state index in [1.54, 1.807) is 4.68 Å². The van der Waals surface area contributed by atoms with Gasteiger partial charge in [-0.25, -0.2) is 0 Å². The highest BCUT2D eigenvalue weighted by Gasteiger charge is 2.35. The van der Waals surface area contributed by atoms with Crippen molar-refractivity contribution in [3.8, 4) is 0 Å². The van der Waals surface area contributed by atoms with Crippen LogP contribution >= 0.6 is 0 Å². The molecule has 0 aliphatic rings. The molecule has 1 heterocycles. The zero-order valence-corrected chi connectivity index (χ0v) is 12.7. The van der Waals surface area contributed by atoms with Crippen LogP contribution in [0.1, 0.15) is 58.2 Å². The highest BCUT2D eigenvalue weighted by Crippen LogP contribution is 2.36. The van der Waals surface area contributed by atoms with Gasteiger partial charge in [-0.05, 0) is 19.4 Å². The monoisotopic (exact) mass is 267 g/mol. The third-order valence-electron chi connectivity index (χ3n) is 3.22. The predicted molar refractivity (Wildman–Crippen MR) is 75.2 cm³/mol. The zero-order valence-electron chi connectivity index (χ0n) is 12.7. The van der Waals surface area contributed by atoms with Gasteiger partial charge in [-0.15, -0.1) is 0 Å². The smallest absolute Gasteiger partial charge is 0.304 e. The molecule has 0 fully saturated rings. The maximum atomic E-state index is 11.1. The van der Waals surface area contributed by atoms with E-state index in [1.165, 1.54) is 0 Å². The van der Waals surface area contributed by atoms with E-state index in [2.05, 4.69) is 25.9 Å². The lowest BCUT2D eigenvalue weighted by Gasteiger charge is -2.31. The Bertz CT molecular complexity index is 464. The third kappa shape index (κ3) is 3.80. The Morgan fingerprint density at radius 1 is 1.42 bits per heavy atom. The quantitative estimate of drug-likeness (QED) is 0.874. The van der Waals surface area contributed by atoms with E-state index in [0.29, 0.717) is 0 Å². The maximum Gasteiger partial charge on any atom is 0.304 e. The summed E-state index contributed by atoms with van der Waals surface area (Å²) in [6.07, 6.45) is 1.90. The number of nitrogens with two attached hydrogens (primary N) is 1. The van der Waals surface area contributed by atoms with E-state index in [4.69, 9.17) is 10.8 Å². The van der Waals surface area contributed by atoms with Gasteiger partial charge in [-0.3, -0.25) is 9.48 Å². The van der Waals surface area contributed by atoms with Crippen molar-refractivity contribution in [3.63, 3.8) is 0 Å². The largest absolute Gasteiger partial charge is 0.481 e. The Labute approximate surface area is 114 Å². The van der Waals surface area contributed by atoms with Gasteiger partial charge in [-0.1, -0.05) is 20.8 Å². The molecule has 1 atom stereocenters. The first kappa shape index (κ1) is 15.7. The van der Waals surface area contributed by atoms with Gasteiger partial charge in [0.25, 0.3) is 0 Å². The summed E-state index contributed by atoms with van der Waals surface area (Å²) in [5.41, 5.74) is 7.28. The Kier molecular flexibility index (Phi) is 4.10. The maximum absolute atomic E-state index is 11.1. The van der Waals surface area contributed by atoms with Crippen LogP contribution in [0.15, 0.2) is 6.20 Å². The third-order valence-corrected chi connectivity index (χ3v) is 3.22. The number of aliphatic carboxylic acids is 1. The van der Waals surface area contributed by atoms with E-state index < -0.39 is 11.5 Å². The first-order valence-corrected chi connectivity index (χ1v) is 6.47. The van der Waals surface area contributed by atoms with E-state index in [1.807, 2.05) is 27.1 Å². The minimum absolute atomic E-state index is 0.0122. The van der Waals surface area contributed by atoms with Crippen LogP contribution in [-0.2, 0) is 17.3 Å². The second kappa shape index (κ2) is 4.96. The van der Waals surface area contributed by atoms with Crippen LogP contribution in [-0.4, -0.2) is 26.4 Å². The number of hydrogen-bond acceptors (Lipinski definition) is 3. The molecule has 1 unspecified atom stereocenters. The minimum Gasteiger partial charge on any atom is -0.481 e. The Hall–Kier alpha value is -1.36. The molecule has 19 heavy (non-hydrogen) atoms. The summed E-state index contributed by atoms with van der Waals surface area (Å²) in [5, 5.41) is 13.6. The second-order valence-corrected chi connectivity index (χ2v) is 6.83. The molecular weight excluding hydrogens is 242 g/mol. The second-order valence-electron chi connectivity index (χ2n) is 6.83. The molecule has 5 heteroatoms. The molecule has 0 saturated heterocycles. The van der Waals surface area contributed by atoms with E-state index in [0.717, 1.165) is 11.3 Å². The topological polar surface area (TPSA) is 81.1 Å². The van der Waals surface area contributed by atoms with E-state index in [-0.39, 0.29) is 17.8 Å². The Balaban J connectivity index is 3.34. The van der Waals surface area contributed by atoms with Crippen LogP contribution in [0.3, 0.4) is 0 Å². The number of carboxylic acids is 1. The summed E-state index contributed by atoms with van der Waals surface area (Å²) < 4.78 is 1.73. The van der Waals surface area contributed by atoms with Crippen molar-refractivity contribution in [1.82, 2.24) is 9.78 Å². The van der Waals surface area contributed by atoms with Crippen molar-refractivity contribution >= 4 is 5.97 Å². The molecule has 0 aliphatic carbocycles. The lowest BCUT2D eigenvalue weighted by atomic mass is 9.76. The molecular formula is C14H25N3O2. The van der Waals surface area contributed by atoms with Crippen molar-refractivity contribution in [3.05, 3.63) is 17.5 Å². The fraction of sp³-hybridized carbons (Fsp3) is 0.714. The van der Waals surface area contributed by atoms with Crippen LogP contribution in [0, 0.1) is 0 Å². The van der Waals surface area contributed by atoms with Crippen molar-refractivity contribution in [2.75, 3.05) is 0 Å². The van der Waals surface area contributed by atoms with Crippen LogP contribution < -0.4 is 5.73 Å². The van der Waals surface area contributed by atoms with Crippen molar-refractivity contribution in [2.45, 2.75) is 57.9 Å². The fourth-order valence-corrected chi connectivity index (χ4v) is 2.29. The number of carboxylic acid groups (broad SMARTS) is 1. The summed E-state index contributed by atoms with van der Waals surface area (Å²) in [4.78, 5) is 11.1. The summed E-state index contributed by atoms with van der Waals surface area (Å²) in [7, 11) is 1.85. The van der Waals surface area contributed by atoms with Gasteiger partial charge in [0.2, 0.25) is 0 Å². The molecule has 0 aromatic carbocycles. The first-order chi connectivity index (χ1) is 8.43. The summed E-state index contributed by atoms with van der Waals surface area (Å²) in [6.45, 7) is 9.93. The molecule has 0 radical (unpaired) electrons. The van der Waals surface area contributed by atoms with Gasteiger partial charge >= 0.3 is 5.97 Å². The van der Waals surface area contributed by atoms with Crippen LogP contribution in [0.2, 0.25) is 0 Å². The summed E-state index contributed by atoms with van der Waals surface area (Å²) >= 11 is 0. The highest BCUT2D eigenvalue weighted by molar-refractivity contribution is 5.68. The van der Waals surface area contributed by atoms with Gasteiger partial charge in [-0.2, -0.15) is 5.10 Å². The molecule has 0 spiro atoms. The van der Waals surface area contributed by atoms with Crippen LogP contribution in [0.5, 0.6) is 0 Å². The predicted octanol–water partition coefficient (Wildman–Crippen LogP) is 2.01. The molecule has 1 aromatic heterocycles. The Morgan fingerprint density at radius 2 is 1.95 bits per heavy atom. The van der Waals surface area contributed by atoms with Gasteiger partial charge in [0, 0.05) is 30.1 Å². The van der Waals surface area contributed by atoms with Crippen molar-refractivity contribution in [2.24, 2.45) is 12.8 Å². The summed E-state index contributed by atoms with van der Waals surface area (Å²) in [6, 6.07) is 0. The molecule has 0 aliphatic heterocycles. The van der Waals surface area contributed by atoms with Crippen LogP contribution in [0.25, 0.3) is 0 Å². The van der Waals surface area contributed by atoms with E-state index in [9.17, 15) is 4.79 Å². The van der Waals surface area contributed by atoms with E-state index >= 15 is 0 Å². The number of aromatic nitrogens is 2. The van der Waals surface area contributed by atoms with Crippen molar-refractivity contribution in [1.29, 1.82) is 0 Å². The SMILES string of the molecule is Cn1cc(C(CC(=O)O)C(C)(C)N)c(C(C)(C)C)n1. The zero-order chi connectivity index (χ0) is 15.0. The Morgan fingerprint density at radius 3 is 2.32 bits per heavy atom. The number of aryl methyl sites for hydroxylation is 1. The number of rotatable bonds is 4. The normalized spacial score (nSPS) is 14.5. The number of hydrogen-bond donors (Lipinski definition) is 2. The number of carbonyl (C=O) groups is 1. The average Bonchev–Trinajstić information content (AvgIpc) is 2.53. The van der Waals surface area contributed by atoms with Crippen molar-refractivity contribution < 1.29 is 9.90 Å². The molecule has 3 N–H and O–H groups in total. The summed E-state index contributed by atoms with van der Waals surface area (Å²) in [5.74, 6) is -1.10. The van der Waals surface area contributed by atoms with Gasteiger partial charge < -0.3 is 10.8 Å². The van der Waals surface area contributed by atoms with Gasteiger partial charge in [0.1, 0.15) is 0 Å². The molecule has 0 saturated carbocycles. The lowest BCUT2D eigenvalue weighted by Crippen LogP contribution is -2.41. The molecule has 108 valence electrons. The average molecular weight is 267 g/mol. The lowest BCUT2D eigenvalue weighted by molar-refractivity contribution is -0.137. The molecule has 5 nitrogen and oxygen atoms in total. The van der Waals surface area contributed by atoms with Crippen LogP contribution in [0.4, 0.5) is 0 Å². The van der Waals surface area contributed by atoms with Gasteiger partial charge in [0.15, 0.2) is 0 Å². The number of nitrogens with zero attached hydrogens (tertiary/aromatic N) is 2. The molecule has 1 rings (SSSR count). The first-order valence-electron chi connectivity index (χ1n) is 6.47. The van der Waals surface area contributed by atoms with Gasteiger partial charge in [0.05, 0.1) is 12.1 Å². The standard InChI is InChI=1S/C14H25N3O2/c1-13(2,3)12-9(8-17(6)16-12)10(7-11(18)19)14(4,5)15/h8,10H,7,15H2,1-6H3,(H,18,19). The highest BCUT2D eigenvalue weighted by atomic mass is 16.4.